The summed E-state index contributed by atoms with van der Waals surface area (Å²) < 4.78 is 2.19. The first-order valence-corrected chi connectivity index (χ1v) is 12.0. The number of hydrogen-bond acceptors (Lipinski definition) is 2. The highest BCUT2D eigenvalue weighted by molar-refractivity contribution is 5.87. The van der Waals surface area contributed by atoms with Crippen molar-refractivity contribution in [3.8, 4) is 11.3 Å². The Bertz CT molecular complexity index is 1280. The van der Waals surface area contributed by atoms with Crippen LogP contribution in [0, 0.1) is 6.92 Å². The molecule has 3 aromatic carbocycles. The van der Waals surface area contributed by atoms with Gasteiger partial charge in [-0.1, -0.05) is 85.5 Å². The molecule has 1 fully saturated rings. The lowest BCUT2D eigenvalue weighted by Crippen LogP contribution is -2.17. The Balaban J connectivity index is 1.55. The van der Waals surface area contributed by atoms with Crippen LogP contribution >= 0.6 is 0 Å². The number of aliphatic carboxylic acids is 1. The summed E-state index contributed by atoms with van der Waals surface area (Å²) in [5.41, 5.74) is 4.99. The smallest absolute Gasteiger partial charge is 0.311 e. The van der Waals surface area contributed by atoms with Gasteiger partial charge in [0.25, 0.3) is 0 Å². The Kier molecular flexibility index (Phi) is 5.99. The maximum absolute atomic E-state index is 12.2. The molecule has 0 bridgehead atoms. The van der Waals surface area contributed by atoms with E-state index >= 15 is 0 Å². The largest absolute Gasteiger partial charge is 0.481 e. The van der Waals surface area contributed by atoms with Gasteiger partial charge in [0.2, 0.25) is 0 Å². The topological polar surface area (TPSA) is 55.1 Å². The minimum atomic E-state index is -0.805. The molecule has 1 aromatic heterocycles. The molecule has 4 heteroatoms. The lowest BCUT2D eigenvalue weighted by Gasteiger charge is -2.24. The minimum Gasteiger partial charge on any atom is -0.481 e. The number of aromatic nitrogens is 2. The van der Waals surface area contributed by atoms with Crippen LogP contribution in [-0.4, -0.2) is 20.9 Å². The van der Waals surface area contributed by atoms with Crippen LogP contribution in [0.2, 0.25) is 0 Å². The highest BCUT2D eigenvalue weighted by atomic mass is 16.4. The van der Waals surface area contributed by atoms with Crippen LogP contribution in [0.15, 0.2) is 72.8 Å². The third kappa shape index (κ3) is 4.56. The van der Waals surface area contributed by atoms with Crippen molar-refractivity contribution in [2.45, 2.75) is 57.4 Å². The Hall–Kier alpha value is -3.40. The molecule has 4 aromatic rings. The van der Waals surface area contributed by atoms with Crippen molar-refractivity contribution in [1.29, 1.82) is 0 Å². The summed E-state index contributed by atoms with van der Waals surface area (Å²) in [6, 6.07) is 25.2. The number of fused-ring (bicyclic) bond motifs is 1. The van der Waals surface area contributed by atoms with Crippen molar-refractivity contribution < 1.29 is 9.90 Å². The lowest BCUT2D eigenvalue weighted by atomic mass is 9.93. The average molecular weight is 439 g/mol. The maximum Gasteiger partial charge on any atom is 0.311 e. The van der Waals surface area contributed by atoms with Crippen LogP contribution in [-0.2, 0) is 11.2 Å². The van der Waals surface area contributed by atoms with Crippen LogP contribution in [0.4, 0.5) is 0 Å². The predicted octanol–water partition coefficient (Wildman–Crippen LogP) is 6.93. The van der Waals surface area contributed by atoms with Gasteiger partial charge in [0, 0.05) is 12.0 Å². The van der Waals surface area contributed by atoms with Gasteiger partial charge in [0.05, 0.1) is 23.3 Å². The summed E-state index contributed by atoms with van der Waals surface area (Å²) in [5, 5.41) is 17.4. The zero-order valence-electron chi connectivity index (χ0n) is 19.1. The molecule has 168 valence electrons. The van der Waals surface area contributed by atoms with Crippen molar-refractivity contribution in [1.82, 2.24) is 9.78 Å². The summed E-state index contributed by atoms with van der Waals surface area (Å²) in [6.45, 7) is 2.00. The van der Waals surface area contributed by atoms with Gasteiger partial charge in [0.15, 0.2) is 0 Å². The van der Waals surface area contributed by atoms with Crippen molar-refractivity contribution >= 4 is 16.7 Å². The quantitative estimate of drug-likeness (QED) is 0.355. The molecule has 1 unspecified atom stereocenters. The van der Waals surface area contributed by atoms with Gasteiger partial charge in [-0.2, -0.15) is 5.10 Å². The van der Waals surface area contributed by atoms with E-state index in [1.54, 1.807) is 0 Å². The zero-order valence-corrected chi connectivity index (χ0v) is 19.1. The predicted molar refractivity (Wildman–Crippen MR) is 133 cm³/mol. The molecular weight excluding hydrogens is 408 g/mol. The number of carbonyl (C=O) groups is 1. The van der Waals surface area contributed by atoms with Crippen molar-refractivity contribution in [2.24, 2.45) is 0 Å². The molecule has 1 saturated carbocycles. The van der Waals surface area contributed by atoms with Crippen LogP contribution in [0.25, 0.3) is 22.0 Å². The van der Waals surface area contributed by atoms with Crippen LogP contribution in [0.3, 0.4) is 0 Å². The minimum absolute atomic E-state index is 0.371. The lowest BCUT2D eigenvalue weighted by molar-refractivity contribution is -0.138. The first kappa shape index (κ1) is 21.4. The molecule has 1 atom stereocenters. The molecule has 33 heavy (non-hydrogen) atoms. The SMILES string of the molecule is Cc1cccc(C(Cc2cc(-c3ccc4ccccc4c3)n(C3CCCCC3)n2)C(=O)O)c1. The Labute approximate surface area is 194 Å². The fourth-order valence-electron chi connectivity index (χ4n) is 5.16. The van der Waals surface area contributed by atoms with Gasteiger partial charge in [0.1, 0.15) is 0 Å². The molecule has 0 spiro atoms. The normalized spacial score (nSPS) is 15.5. The number of aryl methyl sites for hydroxylation is 1. The third-order valence-corrected chi connectivity index (χ3v) is 6.91. The van der Waals surface area contributed by atoms with Gasteiger partial charge in [-0.25, -0.2) is 0 Å². The number of rotatable bonds is 6. The molecule has 1 aliphatic carbocycles. The number of benzene rings is 3. The van der Waals surface area contributed by atoms with Gasteiger partial charge in [-0.15, -0.1) is 0 Å². The first-order chi connectivity index (χ1) is 16.1. The van der Waals surface area contributed by atoms with Crippen molar-refractivity contribution in [3.05, 3.63) is 89.6 Å². The average Bonchev–Trinajstić information content (AvgIpc) is 3.27. The zero-order chi connectivity index (χ0) is 22.8. The summed E-state index contributed by atoms with van der Waals surface area (Å²) in [7, 11) is 0. The van der Waals surface area contributed by atoms with E-state index in [0.717, 1.165) is 40.9 Å². The van der Waals surface area contributed by atoms with E-state index in [4.69, 9.17) is 5.10 Å². The summed E-state index contributed by atoms with van der Waals surface area (Å²) in [6.07, 6.45) is 6.36. The molecule has 0 amide bonds. The van der Waals surface area contributed by atoms with E-state index in [-0.39, 0.29) is 0 Å². The third-order valence-electron chi connectivity index (χ3n) is 6.91. The second-order valence-corrected chi connectivity index (χ2v) is 9.33. The van der Waals surface area contributed by atoms with Gasteiger partial charge in [-0.05, 0) is 48.2 Å². The summed E-state index contributed by atoms with van der Waals surface area (Å²) in [4.78, 5) is 12.2. The molecule has 5 rings (SSSR count). The van der Waals surface area contributed by atoms with E-state index in [0.29, 0.717) is 12.5 Å². The second-order valence-electron chi connectivity index (χ2n) is 9.33. The first-order valence-electron chi connectivity index (χ1n) is 12.0. The standard InChI is InChI=1S/C29H30N2O2/c1-20-8-7-11-23(16-20)27(29(32)33)18-25-19-28(31(30-25)26-12-3-2-4-13-26)24-15-14-21-9-5-6-10-22(21)17-24/h5-11,14-17,19,26-27H,2-4,12-13,18H2,1H3,(H,32,33). The van der Waals surface area contributed by atoms with Crippen molar-refractivity contribution in [2.75, 3.05) is 0 Å². The number of carboxylic acids is 1. The number of nitrogens with zero attached hydrogens (tertiary/aromatic N) is 2. The molecule has 1 aliphatic rings. The second kappa shape index (κ2) is 9.22. The highest BCUT2D eigenvalue weighted by Gasteiger charge is 2.25. The van der Waals surface area contributed by atoms with Crippen LogP contribution in [0.5, 0.6) is 0 Å². The molecule has 0 radical (unpaired) electrons. The summed E-state index contributed by atoms with van der Waals surface area (Å²) in [5.74, 6) is -1.41. The summed E-state index contributed by atoms with van der Waals surface area (Å²) >= 11 is 0. The molecule has 1 heterocycles. The Morgan fingerprint density at radius 2 is 1.76 bits per heavy atom. The molecule has 4 nitrogen and oxygen atoms in total. The van der Waals surface area contributed by atoms with E-state index < -0.39 is 11.9 Å². The number of carboxylic acid groups (broad SMARTS) is 1. The molecular formula is C29H30N2O2. The monoisotopic (exact) mass is 438 g/mol. The molecule has 0 aliphatic heterocycles. The van der Waals surface area contributed by atoms with E-state index in [9.17, 15) is 9.90 Å². The van der Waals surface area contributed by atoms with E-state index in [1.807, 2.05) is 31.2 Å². The van der Waals surface area contributed by atoms with Gasteiger partial charge < -0.3 is 5.11 Å². The van der Waals surface area contributed by atoms with E-state index in [1.165, 1.54) is 30.0 Å². The van der Waals surface area contributed by atoms with E-state index in [2.05, 4.69) is 53.2 Å². The molecule has 1 N–H and O–H groups in total. The molecule has 0 saturated heterocycles. The fraction of sp³-hybridized carbons (Fsp3) is 0.310. The Morgan fingerprint density at radius 3 is 2.52 bits per heavy atom. The fourth-order valence-corrected chi connectivity index (χ4v) is 5.16. The maximum atomic E-state index is 12.2. The highest BCUT2D eigenvalue weighted by Crippen LogP contribution is 2.34. The van der Waals surface area contributed by atoms with Crippen molar-refractivity contribution in [3.63, 3.8) is 0 Å². The van der Waals surface area contributed by atoms with Crippen LogP contribution in [0.1, 0.15) is 60.9 Å². The Morgan fingerprint density at radius 1 is 0.970 bits per heavy atom. The number of hydrogen-bond donors (Lipinski definition) is 1. The van der Waals surface area contributed by atoms with Gasteiger partial charge in [-0.3, -0.25) is 9.48 Å². The van der Waals surface area contributed by atoms with Gasteiger partial charge >= 0.3 is 5.97 Å². The van der Waals surface area contributed by atoms with Crippen LogP contribution < -0.4 is 0 Å².